The minimum absolute atomic E-state index is 0.0457. The first-order valence-corrected chi connectivity index (χ1v) is 7.53. The SMILES string of the molecule is CC1[NH+](CCC(=O)O)c2ccc3ccccc3c2C1(C)C. The zero-order valence-electron chi connectivity index (χ0n) is 12.8. The lowest BCUT2D eigenvalue weighted by Crippen LogP contribution is -3.10. The number of quaternary nitrogens is 1. The van der Waals surface area contributed by atoms with Gasteiger partial charge in [0.1, 0.15) is 5.69 Å². The second kappa shape index (κ2) is 4.85. The molecule has 0 aliphatic carbocycles. The molecule has 1 aliphatic rings. The van der Waals surface area contributed by atoms with Crippen molar-refractivity contribution < 1.29 is 14.8 Å². The molecule has 21 heavy (non-hydrogen) atoms. The summed E-state index contributed by atoms with van der Waals surface area (Å²) in [5.41, 5.74) is 2.70. The number of hydrogen-bond donors (Lipinski definition) is 2. The van der Waals surface area contributed by atoms with Gasteiger partial charge in [-0.25, -0.2) is 0 Å². The molecule has 2 aromatic rings. The first-order chi connectivity index (χ1) is 9.93. The molecule has 0 saturated carbocycles. The summed E-state index contributed by atoms with van der Waals surface area (Å²) in [4.78, 5) is 12.2. The summed E-state index contributed by atoms with van der Waals surface area (Å²) in [7, 11) is 0. The van der Waals surface area contributed by atoms with Crippen molar-refractivity contribution in [2.45, 2.75) is 38.6 Å². The van der Waals surface area contributed by atoms with E-state index in [1.807, 2.05) is 0 Å². The Kier molecular flexibility index (Phi) is 3.25. The van der Waals surface area contributed by atoms with Crippen LogP contribution in [0.15, 0.2) is 36.4 Å². The number of hydrogen-bond acceptors (Lipinski definition) is 1. The Hall–Kier alpha value is -1.87. The van der Waals surface area contributed by atoms with Gasteiger partial charge in [0.2, 0.25) is 0 Å². The Morgan fingerprint density at radius 3 is 2.67 bits per heavy atom. The van der Waals surface area contributed by atoms with E-state index in [9.17, 15) is 4.79 Å². The van der Waals surface area contributed by atoms with Crippen LogP contribution in [-0.2, 0) is 10.2 Å². The number of carboxylic acid groups (broad SMARTS) is 1. The standard InChI is InChI=1S/C18H21NO2/c1-12-18(2,3)17-14-7-5-4-6-13(14)8-9-15(17)19(12)11-10-16(20)21/h4-9,12H,10-11H2,1-3H3,(H,20,21)/p+1. The van der Waals surface area contributed by atoms with Gasteiger partial charge >= 0.3 is 5.97 Å². The highest BCUT2D eigenvalue weighted by Crippen LogP contribution is 2.40. The minimum Gasteiger partial charge on any atom is -0.481 e. The molecule has 110 valence electrons. The van der Waals surface area contributed by atoms with Gasteiger partial charge in [0.25, 0.3) is 0 Å². The molecule has 0 bridgehead atoms. The number of aliphatic carboxylic acids is 1. The van der Waals surface area contributed by atoms with Gasteiger partial charge in [-0.05, 0) is 43.7 Å². The smallest absolute Gasteiger partial charge is 0.309 e. The zero-order valence-corrected chi connectivity index (χ0v) is 12.8. The quantitative estimate of drug-likeness (QED) is 0.909. The average Bonchev–Trinajstić information content (AvgIpc) is 2.65. The zero-order chi connectivity index (χ0) is 15.2. The van der Waals surface area contributed by atoms with Crippen molar-refractivity contribution in [1.29, 1.82) is 0 Å². The van der Waals surface area contributed by atoms with E-state index in [1.165, 1.54) is 26.9 Å². The summed E-state index contributed by atoms with van der Waals surface area (Å²) in [6, 6.07) is 13.2. The highest BCUT2D eigenvalue weighted by molar-refractivity contribution is 5.90. The number of carbonyl (C=O) groups is 1. The highest BCUT2D eigenvalue weighted by atomic mass is 16.4. The molecule has 0 aromatic heterocycles. The third kappa shape index (κ3) is 2.12. The average molecular weight is 284 g/mol. The molecule has 2 N–H and O–H groups in total. The maximum absolute atomic E-state index is 10.9. The molecule has 0 amide bonds. The van der Waals surface area contributed by atoms with Gasteiger partial charge in [-0.1, -0.05) is 24.3 Å². The van der Waals surface area contributed by atoms with E-state index in [0.29, 0.717) is 12.6 Å². The summed E-state index contributed by atoms with van der Waals surface area (Å²) >= 11 is 0. The van der Waals surface area contributed by atoms with E-state index < -0.39 is 5.97 Å². The lowest BCUT2D eigenvalue weighted by molar-refractivity contribution is -0.855. The molecule has 1 heterocycles. The Labute approximate surface area is 125 Å². The van der Waals surface area contributed by atoms with Crippen LogP contribution >= 0.6 is 0 Å². The molecule has 0 spiro atoms. The first-order valence-electron chi connectivity index (χ1n) is 7.53. The fraction of sp³-hybridized carbons (Fsp3) is 0.389. The second-order valence-electron chi connectivity index (χ2n) is 6.57. The molecule has 0 radical (unpaired) electrons. The molecule has 2 unspecified atom stereocenters. The van der Waals surface area contributed by atoms with Gasteiger partial charge in [-0.15, -0.1) is 0 Å². The molecule has 0 fully saturated rings. The fourth-order valence-electron chi connectivity index (χ4n) is 3.71. The highest BCUT2D eigenvalue weighted by Gasteiger charge is 2.47. The molecule has 0 saturated heterocycles. The van der Waals surface area contributed by atoms with Crippen LogP contribution < -0.4 is 4.90 Å². The van der Waals surface area contributed by atoms with E-state index in [4.69, 9.17) is 5.11 Å². The molecule has 2 atom stereocenters. The van der Waals surface area contributed by atoms with Crippen molar-refractivity contribution >= 4 is 22.4 Å². The van der Waals surface area contributed by atoms with E-state index in [-0.39, 0.29) is 11.8 Å². The second-order valence-corrected chi connectivity index (χ2v) is 6.57. The van der Waals surface area contributed by atoms with Crippen LogP contribution in [0.2, 0.25) is 0 Å². The largest absolute Gasteiger partial charge is 0.481 e. The van der Waals surface area contributed by atoms with Crippen LogP contribution in [0.25, 0.3) is 10.8 Å². The van der Waals surface area contributed by atoms with Crippen molar-refractivity contribution in [2.75, 3.05) is 6.54 Å². The van der Waals surface area contributed by atoms with Crippen LogP contribution in [0.4, 0.5) is 5.69 Å². The Morgan fingerprint density at radius 1 is 1.24 bits per heavy atom. The van der Waals surface area contributed by atoms with Gasteiger partial charge < -0.3 is 5.11 Å². The number of fused-ring (bicyclic) bond motifs is 3. The summed E-state index contributed by atoms with van der Waals surface area (Å²) in [5.74, 6) is -0.721. The van der Waals surface area contributed by atoms with E-state index in [1.54, 1.807) is 0 Å². The van der Waals surface area contributed by atoms with Crippen LogP contribution in [-0.4, -0.2) is 23.7 Å². The third-order valence-electron chi connectivity index (χ3n) is 5.13. The summed E-state index contributed by atoms with van der Waals surface area (Å²) in [6.45, 7) is 7.42. The summed E-state index contributed by atoms with van der Waals surface area (Å²) < 4.78 is 0. The Bertz CT molecular complexity index is 705. The van der Waals surface area contributed by atoms with Crippen LogP contribution in [0, 0.1) is 0 Å². The van der Waals surface area contributed by atoms with Crippen molar-refractivity contribution in [3.63, 3.8) is 0 Å². The molecule has 3 heteroatoms. The van der Waals surface area contributed by atoms with Crippen molar-refractivity contribution in [2.24, 2.45) is 0 Å². The lowest BCUT2D eigenvalue weighted by Gasteiger charge is -2.26. The predicted octanol–water partition coefficient (Wildman–Crippen LogP) is 2.51. The van der Waals surface area contributed by atoms with Gasteiger partial charge in [-0.3, -0.25) is 9.69 Å². The first kappa shape index (κ1) is 14.1. The van der Waals surface area contributed by atoms with Crippen LogP contribution in [0.1, 0.15) is 32.8 Å². The van der Waals surface area contributed by atoms with Crippen LogP contribution in [0.3, 0.4) is 0 Å². The van der Waals surface area contributed by atoms with Gasteiger partial charge in [0.15, 0.2) is 0 Å². The molecule has 1 aliphatic heterocycles. The topological polar surface area (TPSA) is 41.7 Å². The van der Waals surface area contributed by atoms with Crippen molar-refractivity contribution in [3.8, 4) is 0 Å². The number of rotatable bonds is 3. The predicted molar refractivity (Wildman–Crippen MR) is 84.2 cm³/mol. The number of carboxylic acids is 1. The molecular formula is C18H22NO2+. The minimum atomic E-state index is -0.721. The van der Waals surface area contributed by atoms with Gasteiger partial charge in [-0.2, -0.15) is 0 Å². The van der Waals surface area contributed by atoms with Gasteiger partial charge in [0.05, 0.1) is 19.0 Å². The molecule has 3 nitrogen and oxygen atoms in total. The summed E-state index contributed by atoms with van der Waals surface area (Å²) in [6.07, 6.45) is 0.210. The molecule has 2 aromatic carbocycles. The van der Waals surface area contributed by atoms with Crippen molar-refractivity contribution in [3.05, 3.63) is 42.0 Å². The van der Waals surface area contributed by atoms with E-state index >= 15 is 0 Å². The number of nitrogens with one attached hydrogen (secondary N) is 1. The summed E-state index contributed by atoms with van der Waals surface area (Å²) in [5, 5.41) is 11.6. The van der Waals surface area contributed by atoms with Crippen molar-refractivity contribution in [1.82, 2.24) is 0 Å². The van der Waals surface area contributed by atoms with E-state index in [0.717, 1.165) is 0 Å². The van der Waals surface area contributed by atoms with Crippen LogP contribution in [0.5, 0.6) is 0 Å². The molecule has 3 rings (SSSR count). The Balaban J connectivity index is 2.16. The maximum atomic E-state index is 10.9. The third-order valence-corrected chi connectivity index (χ3v) is 5.13. The number of benzene rings is 2. The fourth-order valence-corrected chi connectivity index (χ4v) is 3.71. The maximum Gasteiger partial charge on any atom is 0.309 e. The lowest BCUT2D eigenvalue weighted by atomic mass is 9.79. The monoisotopic (exact) mass is 284 g/mol. The van der Waals surface area contributed by atoms with E-state index in [2.05, 4.69) is 57.2 Å². The molecular weight excluding hydrogens is 262 g/mol. The van der Waals surface area contributed by atoms with Gasteiger partial charge in [0, 0.05) is 11.0 Å². The Morgan fingerprint density at radius 2 is 1.95 bits per heavy atom. The normalized spacial score (nSPS) is 23.2.